The zero-order chi connectivity index (χ0) is 24.9. The van der Waals surface area contributed by atoms with Gasteiger partial charge in [-0.2, -0.15) is 0 Å². The first-order valence-corrected chi connectivity index (χ1v) is 12.8. The second-order valence-electron chi connectivity index (χ2n) is 9.61. The van der Waals surface area contributed by atoms with Gasteiger partial charge in [-0.25, -0.2) is 4.79 Å². The first-order valence-electron chi connectivity index (χ1n) is 12.8. The molecular formula is C27H43NO6. The summed E-state index contributed by atoms with van der Waals surface area (Å²) in [6, 6.07) is 6.58. The van der Waals surface area contributed by atoms with Crippen LogP contribution in [0.1, 0.15) is 77.2 Å². The molecule has 1 amide bonds. The first kappa shape index (κ1) is 28.1. The number of aliphatic hydroxyl groups is 2. The number of hydrogen-bond donors (Lipinski definition) is 2. The average molecular weight is 478 g/mol. The lowest BCUT2D eigenvalue weighted by Gasteiger charge is -2.29. The molecule has 7 nitrogen and oxygen atoms in total. The maximum Gasteiger partial charge on any atom is 0.329 e. The summed E-state index contributed by atoms with van der Waals surface area (Å²) in [7, 11) is 1.68. The van der Waals surface area contributed by atoms with Crippen LogP contribution in [0.2, 0.25) is 0 Å². The van der Waals surface area contributed by atoms with E-state index in [1.165, 1.54) is 4.90 Å². The van der Waals surface area contributed by atoms with E-state index in [4.69, 9.17) is 14.6 Å². The number of esters is 1. The third kappa shape index (κ3) is 9.63. The highest BCUT2D eigenvalue weighted by atomic mass is 16.5. The predicted molar refractivity (Wildman–Crippen MR) is 132 cm³/mol. The number of nitrogens with zero attached hydrogens (tertiary/aromatic N) is 1. The summed E-state index contributed by atoms with van der Waals surface area (Å²) in [5.74, 6) is 0.649. The standard InChI is InChI=1S/C27H43NO6/c1-4-7-22(30)19-24-13-10-20(2)8-5-6-9-26(31)28(3)25(27(32)34-24)18-21-11-14-23(15-12-21)33-17-16-29/h11-12,14-15,20,22,24-25,29-30H,4-10,13,16-19H2,1-3H3/t20-,22+,24?,25+/m1/s1. The van der Waals surface area contributed by atoms with E-state index in [0.29, 0.717) is 37.4 Å². The van der Waals surface area contributed by atoms with E-state index in [1.807, 2.05) is 19.1 Å². The topological polar surface area (TPSA) is 96.3 Å². The number of cyclic esters (lactones) is 1. The number of carbonyl (C=O) groups is 2. The molecule has 7 heteroatoms. The molecule has 0 saturated carbocycles. The Morgan fingerprint density at radius 3 is 2.56 bits per heavy atom. The van der Waals surface area contributed by atoms with Gasteiger partial charge in [0, 0.05) is 26.3 Å². The molecule has 0 aliphatic carbocycles. The molecule has 1 aliphatic rings. The third-order valence-corrected chi connectivity index (χ3v) is 6.60. The van der Waals surface area contributed by atoms with Crippen molar-refractivity contribution in [1.29, 1.82) is 0 Å². The number of amides is 1. The molecule has 1 aliphatic heterocycles. The SMILES string of the molecule is CCC[C@H](O)CC1CC[C@H](C)CCCCC(=O)N(C)[C@@H](Cc2ccc(OCCO)cc2)C(=O)O1. The average Bonchev–Trinajstić information content (AvgIpc) is 2.82. The van der Waals surface area contributed by atoms with E-state index in [2.05, 4.69) is 6.92 Å². The number of carbonyl (C=O) groups excluding carboxylic acids is 2. The van der Waals surface area contributed by atoms with Crippen LogP contribution in [0.4, 0.5) is 0 Å². The second-order valence-corrected chi connectivity index (χ2v) is 9.61. The van der Waals surface area contributed by atoms with E-state index in [-0.39, 0.29) is 25.2 Å². The monoisotopic (exact) mass is 477 g/mol. The zero-order valence-corrected chi connectivity index (χ0v) is 21.1. The fourth-order valence-corrected chi connectivity index (χ4v) is 4.44. The van der Waals surface area contributed by atoms with Crippen molar-refractivity contribution < 1.29 is 29.3 Å². The lowest BCUT2D eigenvalue weighted by Crippen LogP contribution is -2.46. The van der Waals surface area contributed by atoms with Gasteiger partial charge in [0.05, 0.1) is 12.7 Å². The zero-order valence-electron chi connectivity index (χ0n) is 21.1. The summed E-state index contributed by atoms with van der Waals surface area (Å²) < 4.78 is 11.4. The highest BCUT2D eigenvalue weighted by Gasteiger charge is 2.31. The van der Waals surface area contributed by atoms with Crippen molar-refractivity contribution in [2.75, 3.05) is 20.3 Å². The van der Waals surface area contributed by atoms with Crippen LogP contribution in [0, 0.1) is 5.92 Å². The molecule has 1 unspecified atom stereocenters. The van der Waals surface area contributed by atoms with Crippen LogP contribution in [0.15, 0.2) is 24.3 Å². The molecule has 1 saturated heterocycles. The molecular weight excluding hydrogens is 434 g/mol. The maximum atomic E-state index is 13.4. The number of hydrogen-bond acceptors (Lipinski definition) is 6. The van der Waals surface area contributed by atoms with Gasteiger partial charge < -0.3 is 24.6 Å². The van der Waals surface area contributed by atoms with Gasteiger partial charge in [0.1, 0.15) is 24.5 Å². The van der Waals surface area contributed by atoms with Crippen molar-refractivity contribution >= 4 is 11.9 Å². The molecule has 1 aromatic rings. The Kier molecular flexibility index (Phi) is 12.4. The summed E-state index contributed by atoms with van der Waals surface area (Å²) in [6.07, 6.45) is 6.35. The Morgan fingerprint density at radius 1 is 1.15 bits per heavy atom. The molecule has 1 heterocycles. The van der Waals surface area contributed by atoms with Crippen molar-refractivity contribution in [3.05, 3.63) is 29.8 Å². The lowest BCUT2D eigenvalue weighted by atomic mass is 9.94. The summed E-state index contributed by atoms with van der Waals surface area (Å²) in [6.45, 7) is 4.38. The fourth-order valence-electron chi connectivity index (χ4n) is 4.44. The first-order chi connectivity index (χ1) is 16.3. The van der Waals surface area contributed by atoms with E-state index < -0.39 is 18.1 Å². The molecule has 2 rings (SSSR count). The molecule has 34 heavy (non-hydrogen) atoms. The summed E-state index contributed by atoms with van der Waals surface area (Å²) in [4.78, 5) is 27.8. The van der Waals surface area contributed by atoms with Crippen molar-refractivity contribution in [2.24, 2.45) is 5.92 Å². The van der Waals surface area contributed by atoms with Crippen LogP contribution in [0.5, 0.6) is 5.75 Å². The number of aliphatic hydroxyl groups excluding tert-OH is 2. The van der Waals surface area contributed by atoms with Crippen molar-refractivity contribution in [1.82, 2.24) is 4.90 Å². The van der Waals surface area contributed by atoms with E-state index in [9.17, 15) is 14.7 Å². The maximum absolute atomic E-state index is 13.4. The minimum atomic E-state index is -0.735. The largest absolute Gasteiger partial charge is 0.491 e. The number of benzene rings is 1. The molecule has 1 aromatic carbocycles. The molecule has 4 atom stereocenters. The highest BCUT2D eigenvalue weighted by molar-refractivity contribution is 5.84. The number of ether oxygens (including phenoxy) is 2. The van der Waals surface area contributed by atoms with Crippen molar-refractivity contribution in [2.45, 2.75) is 96.3 Å². The van der Waals surface area contributed by atoms with Gasteiger partial charge in [-0.3, -0.25) is 4.79 Å². The molecule has 192 valence electrons. The smallest absolute Gasteiger partial charge is 0.329 e. The predicted octanol–water partition coefficient (Wildman–Crippen LogP) is 3.88. The Labute approximate surface area is 204 Å². The molecule has 1 fully saturated rings. The van der Waals surface area contributed by atoms with Gasteiger partial charge >= 0.3 is 5.97 Å². The van der Waals surface area contributed by atoms with Gasteiger partial charge in [0.25, 0.3) is 0 Å². The highest BCUT2D eigenvalue weighted by Crippen LogP contribution is 2.23. The number of rotatable bonds is 9. The Morgan fingerprint density at radius 2 is 1.88 bits per heavy atom. The van der Waals surface area contributed by atoms with Crippen LogP contribution >= 0.6 is 0 Å². The van der Waals surface area contributed by atoms with E-state index in [0.717, 1.165) is 44.1 Å². The van der Waals surface area contributed by atoms with Gasteiger partial charge in [0.15, 0.2) is 0 Å². The summed E-state index contributed by atoms with van der Waals surface area (Å²) in [5.41, 5.74) is 0.887. The number of likely N-dealkylation sites (N-methyl/N-ethyl adjacent to an activating group) is 1. The van der Waals surface area contributed by atoms with Crippen molar-refractivity contribution in [3.8, 4) is 5.75 Å². The van der Waals surface area contributed by atoms with Gasteiger partial charge in [0.2, 0.25) is 5.91 Å². The molecule has 2 N–H and O–H groups in total. The van der Waals surface area contributed by atoms with Crippen LogP contribution in [0.25, 0.3) is 0 Å². The molecule has 0 spiro atoms. The quantitative estimate of drug-likeness (QED) is 0.524. The Hall–Kier alpha value is -2.12. The second kappa shape index (κ2) is 15.0. The molecule has 0 bridgehead atoms. The fraction of sp³-hybridized carbons (Fsp3) is 0.704. The van der Waals surface area contributed by atoms with E-state index in [1.54, 1.807) is 19.2 Å². The van der Waals surface area contributed by atoms with Crippen LogP contribution < -0.4 is 4.74 Å². The van der Waals surface area contributed by atoms with Gasteiger partial charge in [-0.15, -0.1) is 0 Å². The van der Waals surface area contributed by atoms with Gasteiger partial charge in [-0.05, 0) is 49.3 Å². The van der Waals surface area contributed by atoms with Crippen LogP contribution in [-0.2, 0) is 20.7 Å². The molecule has 0 aromatic heterocycles. The lowest BCUT2D eigenvalue weighted by molar-refractivity contribution is -0.160. The summed E-state index contributed by atoms with van der Waals surface area (Å²) in [5, 5.41) is 19.3. The van der Waals surface area contributed by atoms with Gasteiger partial charge in [-0.1, -0.05) is 45.2 Å². The Balaban J connectivity index is 2.21. The minimum absolute atomic E-state index is 0.0562. The molecule has 0 radical (unpaired) electrons. The van der Waals surface area contributed by atoms with Crippen LogP contribution in [0.3, 0.4) is 0 Å². The Bertz CT molecular complexity index is 737. The normalized spacial score (nSPS) is 23.9. The minimum Gasteiger partial charge on any atom is -0.491 e. The summed E-state index contributed by atoms with van der Waals surface area (Å²) >= 11 is 0. The third-order valence-electron chi connectivity index (χ3n) is 6.60. The van der Waals surface area contributed by atoms with E-state index >= 15 is 0 Å². The van der Waals surface area contributed by atoms with Crippen LogP contribution in [-0.4, -0.2) is 65.5 Å². The van der Waals surface area contributed by atoms with Crippen molar-refractivity contribution in [3.63, 3.8) is 0 Å².